The summed E-state index contributed by atoms with van der Waals surface area (Å²) in [6, 6.07) is 3.78. The van der Waals surface area contributed by atoms with Crippen molar-refractivity contribution in [2.75, 3.05) is 31.1 Å². The summed E-state index contributed by atoms with van der Waals surface area (Å²) >= 11 is 0. The van der Waals surface area contributed by atoms with Crippen molar-refractivity contribution in [3.05, 3.63) is 23.9 Å². The zero-order chi connectivity index (χ0) is 15.6. The molecule has 1 aliphatic carbocycles. The van der Waals surface area contributed by atoms with E-state index < -0.39 is 0 Å². The molecule has 0 atom stereocenters. The lowest BCUT2D eigenvalue weighted by atomic mass is 9.99. The van der Waals surface area contributed by atoms with Crippen molar-refractivity contribution >= 4 is 11.7 Å². The number of carbonyl (C=O) groups excluding carboxylic acids is 1. The van der Waals surface area contributed by atoms with Crippen LogP contribution in [-0.2, 0) is 0 Å². The Hall–Kier alpha value is -1.62. The number of carbonyl (C=O) groups is 1. The van der Waals surface area contributed by atoms with Gasteiger partial charge in [-0.1, -0.05) is 6.92 Å². The molecule has 0 radical (unpaired) electrons. The first-order valence-corrected chi connectivity index (χ1v) is 8.22. The lowest BCUT2D eigenvalue weighted by Gasteiger charge is -2.31. The Labute approximate surface area is 131 Å². The van der Waals surface area contributed by atoms with Crippen LogP contribution >= 0.6 is 0 Å². The highest BCUT2D eigenvalue weighted by Crippen LogP contribution is 2.44. The monoisotopic (exact) mass is 303 g/mol. The number of amides is 1. The normalized spacial score (nSPS) is 20.7. The van der Waals surface area contributed by atoms with Crippen molar-refractivity contribution in [1.82, 2.24) is 10.3 Å². The molecule has 22 heavy (non-hydrogen) atoms. The summed E-state index contributed by atoms with van der Waals surface area (Å²) in [5.74, 6) is 1.64. The molecule has 3 rings (SSSR count). The average Bonchev–Trinajstić information content (AvgIpc) is 3.34. The highest BCUT2D eigenvalue weighted by molar-refractivity contribution is 5.94. The van der Waals surface area contributed by atoms with Crippen molar-refractivity contribution < 1.29 is 9.90 Å². The van der Waals surface area contributed by atoms with E-state index in [4.69, 9.17) is 0 Å². The predicted octanol–water partition coefficient (Wildman–Crippen LogP) is 1.82. The van der Waals surface area contributed by atoms with E-state index in [0.29, 0.717) is 12.1 Å². The van der Waals surface area contributed by atoms with Crippen LogP contribution in [0.15, 0.2) is 18.3 Å². The van der Waals surface area contributed by atoms with Gasteiger partial charge < -0.3 is 15.3 Å². The van der Waals surface area contributed by atoms with Gasteiger partial charge in [0, 0.05) is 31.2 Å². The Morgan fingerprint density at radius 1 is 1.41 bits per heavy atom. The number of aliphatic hydroxyl groups is 1. The molecule has 1 saturated heterocycles. The van der Waals surface area contributed by atoms with E-state index in [2.05, 4.69) is 22.1 Å². The van der Waals surface area contributed by atoms with Crippen LogP contribution in [0.1, 0.15) is 43.0 Å². The van der Waals surface area contributed by atoms with Crippen LogP contribution in [0.3, 0.4) is 0 Å². The molecule has 5 heteroatoms. The van der Waals surface area contributed by atoms with Crippen molar-refractivity contribution in [2.45, 2.75) is 32.6 Å². The lowest BCUT2D eigenvalue weighted by molar-refractivity contribution is 0.0935. The summed E-state index contributed by atoms with van der Waals surface area (Å²) in [5, 5.41) is 12.2. The van der Waals surface area contributed by atoms with Gasteiger partial charge in [0.25, 0.3) is 5.91 Å². The molecule has 120 valence electrons. The van der Waals surface area contributed by atoms with E-state index in [9.17, 15) is 9.90 Å². The molecule has 1 aromatic rings. The highest BCUT2D eigenvalue weighted by atomic mass is 16.3. The van der Waals surface area contributed by atoms with E-state index in [-0.39, 0.29) is 17.9 Å². The maximum absolute atomic E-state index is 12.1. The zero-order valence-electron chi connectivity index (χ0n) is 13.2. The number of pyridine rings is 1. The Morgan fingerprint density at radius 3 is 2.68 bits per heavy atom. The van der Waals surface area contributed by atoms with Gasteiger partial charge in [-0.05, 0) is 43.7 Å². The molecule has 0 bridgehead atoms. The number of nitrogens with one attached hydrogen (secondary N) is 1. The maximum Gasteiger partial charge on any atom is 0.252 e. The van der Waals surface area contributed by atoms with Crippen LogP contribution in [0.2, 0.25) is 0 Å². The average molecular weight is 303 g/mol. The molecule has 0 aromatic carbocycles. The van der Waals surface area contributed by atoms with Crippen molar-refractivity contribution in [2.24, 2.45) is 11.3 Å². The number of rotatable bonds is 5. The third-order valence-corrected chi connectivity index (χ3v) is 5.03. The highest BCUT2D eigenvalue weighted by Gasteiger charge is 2.42. The van der Waals surface area contributed by atoms with E-state index in [1.165, 1.54) is 12.8 Å². The van der Waals surface area contributed by atoms with Gasteiger partial charge in [0.2, 0.25) is 0 Å². The standard InChI is InChI=1S/C17H25N3O2/c1-13-4-8-20(9-5-13)15-3-2-14(10-18-15)16(22)19-11-17(12-21)6-7-17/h2-3,10,13,21H,4-9,11-12H2,1H3,(H,19,22). The molecule has 1 aliphatic heterocycles. The van der Waals surface area contributed by atoms with Crippen LogP contribution in [0.25, 0.3) is 0 Å². The van der Waals surface area contributed by atoms with Gasteiger partial charge in [0.05, 0.1) is 12.2 Å². The number of aromatic nitrogens is 1. The fourth-order valence-corrected chi connectivity index (χ4v) is 2.88. The van der Waals surface area contributed by atoms with Gasteiger partial charge in [0.15, 0.2) is 0 Å². The van der Waals surface area contributed by atoms with E-state index in [1.54, 1.807) is 6.20 Å². The number of hydrogen-bond donors (Lipinski definition) is 2. The summed E-state index contributed by atoms with van der Waals surface area (Å²) in [6.07, 6.45) is 6.05. The smallest absolute Gasteiger partial charge is 0.252 e. The SMILES string of the molecule is CC1CCN(c2ccc(C(=O)NCC3(CO)CC3)cn2)CC1. The largest absolute Gasteiger partial charge is 0.396 e. The molecule has 2 fully saturated rings. The van der Waals surface area contributed by atoms with Crippen LogP contribution in [0, 0.1) is 11.3 Å². The number of piperidine rings is 1. The summed E-state index contributed by atoms with van der Waals surface area (Å²) in [5.41, 5.74) is 0.524. The molecular formula is C17H25N3O2. The quantitative estimate of drug-likeness (QED) is 0.871. The summed E-state index contributed by atoms with van der Waals surface area (Å²) < 4.78 is 0. The van der Waals surface area contributed by atoms with Crippen molar-refractivity contribution in [1.29, 1.82) is 0 Å². The van der Waals surface area contributed by atoms with Crippen LogP contribution in [-0.4, -0.2) is 42.2 Å². The van der Waals surface area contributed by atoms with Crippen molar-refractivity contribution in [3.63, 3.8) is 0 Å². The Balaban J connectivity index is 1.55. The zero-order valence-corrected chi connectivity index (χ0v) is 13.2. The lowest BCUT2D eigenvalue weighted by Crippen LogP contribution is -2.34. The van der Waals surface area contributed by atoms with Crippen LogP contribution in [0.4, 0.5) is 5.82 Å². The molecule has 5 nitrogen and oxygen atoms in total. The minimum atomic E-state index is -0.106. The molecule has 2 N–H and O–H groups in total. The Bertz CT molecular complexity index is 517. The topological polar surface area (TPSA) is 65.5 Å². The van der Waals surface area contributed by atoms with Gasteiger partial charge in [-0.25, -0.2) is 4.98 Å². The van der Waals surface area contributed by atoms with E-state index >= 15 is 0 Å². The van der Waals surface area contributed by atoms with Gasteiger partial charge in [-0.2, -0.15) is 0 Å². The molecule has 1 amide bonds. The first kappa shape index (κ1) is 15.3. The minimum absolute atomic E-state index is 0.0620. The first-order valence-electron chi connectivity index (χ1n) is 8.22. The van der Waals surface area contributed by atoms with E-state index in [0.717, 1.165) is 37.7 Å². The number of hydrogen-bond acceptors (Lipinski definition) is 4. The molecule has 0 unspecified atom stereocenters. The van der Waals surface area contributed by atoms with E-state index in [1.807, 2.05) is 12.1 Å². The number of nitrogens with zero attached hydrogens (tertiary/aromatic N) is 2. The molecule has 1 aromatic heterocycles. The van der Waals surface area contributed by atoms with Crippen molar-refractivity contribution in [3.8, 4) is 0 Å². The molecule has 0 spiro atoms. The summed E-state index contributed by atoms with van der Waals surface area (Å²) in [6.45, 7) is 5.07. The van der Waals surface area contributed by atoms with Gasteiger partial charge in [-0.15, -0.1) is 0 Å². The maximum atomic E-state index is 12.1. The predicted molar refractivity (Wildman–Crippen MR) is 85.9 cm³/mol. The van der Waals surface area contributed by atoms with Crippen LogP contribution < -0.4 is 10.2 Å². The minimum Gasteiger partial charge on any atom is -0.396 e. The van der Waals surface area contributed by atoms with Gasteiger partial charge >= 0.3 is 0 Å². The second-order valence-corrected chi connectivity index (χ2v) is 6.92. The van der Waals surface area contributed by atoms with Gasteiger partial charge in [0.1, 0.15) is 5.82 Å². The van der Waals surface area contributed by atoms with Crippen LogP contribution in [0.5, 0.6) is 0 Å². The Kier molecular flexibility index (Phi) is 4.34. The molecular weight excluding hydrogens is 278 g/mol. The Morgan fingerprint density at radius 2 is 2.14 bits per heavy atom. The second-order valence-electron chi connectivity index (χ2n) is 6.92. The third-order valence-electron chi connectivity index (χ3n) is 5.03. The third kappa shape index (κ3) is 3.40. The number of aliphatic hydroxyl groups excluding tert-OH is 1. The summed E-state index contributed by atoms with van der Waals surface area (Å²) in [4.78, 5) is 18.8. The second kappa shape index (κ2) is 6.24. The molecule has 2 heterocycles. The first-order chi connectivity index (χ1) is 10.6. The fraction of sp³-hybridized carbons (Fsp3) is 0.647. The molecule has 1 saturated carbocycles. The molecule has 2 aliphatic rings. The number of anilines is 1. The summed E-state index contributed by atoms with van der Waals surface area (Å²) in [7, 11) is 0. The fourth-order valence-electron chi connectivity index (χ4n) is 2.88. The van der Waals surface area contributed by atoms with Gasteiger partial charge in [-0.3, -0.25) is 4.79 Å².